The Balaban J connectivity index is 1.57. The van der Waals surface area contributed by atoms with E-state index >= 15 is 0 Å². The summed E-state index contributed by atoms with van der Waals surface area (Å²) in [6.45, 7) is 1.31. The van der Waals surface area contributed by atoms with Gasteiger partial charge in [0.2, 0.25) is 5.91 Å². The molecule has 1 aliphatic rings. The molecule has 0 aliphatic carbocycles. The number of benzene rings is 1. The maximum absolute atomic E-state index is 13.5. The zero-order valence-corrected chi connectivity index (χ0v) is 17.3. The Kier molecular flexibility index (Phi) is 6.82. The van der Waals surface area contributed by atoms with Gasteiger partial charge in [0.25, 0.3) is 17.7 Å². The van der Waals surface area contributed by atoms with Gasteiger partial charge in [-0.05, 0) is 24.6 Å². The molecule has 3 rings (SSSR count). The van der Waals surface area contributed by atoms with E-state index in [4.69, 9.17) is 5.26 Å². The van der Waals surface area contributed by atoms with E-state index in [-0.39, 0.29) is 11.5 Å². The summed E-state index contributed by atoms with van der Waals surface area (Å²) in [6, 6.07) is 7.46. The highest BCUT2D eigenvalue weighted by Crippen LogP contribution is 2.31. The Hall–Kier alpha value is -3.81. The van der Waals surface area contributed by atoms with Crippen LogP contribution in [0.25, 0.3) is 0 Å². The van der Waals surface area contributed by atoms with Crippen molar-refractivity contribution in [1.82, 2.24) is 25.3 Å². The number of alkyl halides is 2. The molecule has 3 amide bonds. The smallest absolute Gasteiger partial charge is 0.268 e. The molecule has 1 aromatic carbocycles. The molecule has 168 valence electrons. The monoisotopic (exact) mass is 444 g/mol. The SMILES string of the molecule is CCNC(=O)c1cccc(Cn2cc(C(=O)NCC(=O)N3CC(F)(F)C[C@H]3C#N)cn2)c1. The van der Waals surface area contributed by atoms with E-state index in [1.165, 1.54) is 17.1 Å². The van der Waals surface area contributed by atoms with Crippen LogP contribution in [0.15, 0.2) is 36.7 Å². The highest BCUT2D eigenvalue weighted by atomic mass is 19.3. The van der Waals surface area contributed by atoms with Gasteiger partial charge in [-0.3, -0.25) is 19.1 Å². The lowest BCUT2D eigenvalue weighted by Gasteiger charge is -2.19. The standard InChI is InChI=1S/C21H22F2N6O3/c1-2-25-19(31)15-5-3-4-14(6-15)11-28-12-16(9-27-28)20(32)26-10-18(30)29-13-21(22,23)7-17(29)8-24/h3-6,9,12,17H,2,7,10-11,13H2,1H3,(H,25,31)(H,26,32)/t17-/m0/s1. The zero-order valence-electron chi connectivity index (χ0n) is 17.3. The number of nitriles is 1. The van der Waals surface area contributed by atoms with Crippen molar-refractivity contribution in [3.8, 4) is 6.07 Å². The second-order valence-corrected chi connectivity index (χ2v) is 7.40. The fourth-order valence-electron chi connectivity index (χ4n) is 3.38. The predicted octanol–water partition coefficient (Wildman–Crippen LogP) is 1.17. The molecule has 11 heteroatoms. The van der Waals surface area contributed by atoms with Crippen molar-refractivity contribution in [1.29, 1.82) is 5.26 Å². The van der Waals surface area contributed by atoms with Crippen LogP contribution in [0.1, 0.15) is 39.6 Å². The lowest BCUT2D eigenvalue weighted by molar-refractivity contribution is -0.131. The van der Waals surface area contributed by atoms with Crippen molar-refractivity contribution in [2.24, 2.45) is 0 Å². The number of aromatic nitrogens is 2. The molecule has 32 heavy (non-hydrogen) atoms. The number of halogens is 2. The number of nitrogens with one attached hydrogen (secondary N) is 2. The number of hydrogen-bond acceptors (Lipinski definition) is 5. The molecule has 0 saturated carbocycles. The minimum absolute atomic E-state index is 0.182. The van der Waals surface area contributed by atoms with Gasteiger partial charge in [0, 0.05) is 24.7 Å². The van der Waals surface area contributed by atoms with Gasteiger partial charge in [-0.1, -0.05) is 12.1 Å². The van der Waals surface area contributed by atoms with E-state index < -0.39 is 43.3 Å². The Bertz CT molecular complexity index is 1060. The van der Waals surface area contributed by atoms with Gasteiger partial charge in [-0.2, -0.15) is 10.4 Å². The predicted molar refractivity (Wildman–Crippen MR) is 109 cm³/mol. The van der Waals surface area contributed by atoms with Crippen LogP contribution in [0.3, 0.4) is 0 Å². The van der Waals surface area contributed by atoms with Crippen molar-refractivity contribution in [2.75, 3.05) is 19.6 Å². The first-order chi connectivity index (χ1) is 15.2. The van der Waals surface area contributed by atoms with Gasteiger partial charge < -0.3 is 15.5 Å². The van der Waals surface area contributed by atoms with E-state index in [1.807, 2.05) is 13.0 Å². The van der Waals surface area contributed by atoms with Crippen LogP contribution >= 0.6 is 0 Å². The zero-order chi connectivity index (χ0) is 23.3. The maximum atomic E-state index is 13.5. The fraction of sp³-hybridized carbons (Fsp3) is 0.381. The van der Waals surface area contributed by atoms with Crippen LogP contribution in [0, 0.1) is 11.3 Å². The van der Waals surface area contributed by atoms with Gasteiger partial charge in [-0.25, -0.2) is 8.78 Å². The summed E-state index contributed by atoms with van der Waals surface area (Å²) in [5.74, 6) is -4.65. The first-order valence-electron chi connectivity index (χ1n) is 9.97. The van der Waals surface area contributed by atoms with E-state index in [9.17, 15) is 23.2 Å². The number of likely N-dealkylation sites (tertiary alicyclic amines) is 1. The molecule has 0 radical (unpaired) electrons. The average molecular weight is 444 g/mol. The number of carbonyl (C=O) groups is 3. The van der Waals surface area contributed by atoms with E-state index in [1.54, 1.807) is 24.3 Å². The first-order valence-corrected chi connectivity index (χ1v) is 9.97. The number of nitrogens with zero attached hydrogens (tertiary/aromatic N) is 4. The lowest BCUT2D eigenvalue weighted by atomic mass is 10.1. The Labute approximate surface area is 183 Å². The summed E-state index contributed by atoms with van der Waals surface area (Å²) in [6.07, 6.45) is 2.08. The molecule has 1 fully saturated rings. The van der Waals surface area contributed by atoms with Crippen LogP contribution in [-0.4, -0.2) is 64.0 Å². The number of rotatable bonds is 7. The average Bonchev–Trinajstić information content (AvgIpc) is 3.35. The summed E-state index contributed by atoms with van der Waals surface area (Å²) in [7, 11) is 0. The van der Waals surface area contributed by atoms with Crippen molar-refractivity contribution in [3.05, 3.63) is 53.3 Å². The van der Waals surface area contributed by atoms with Crippen molar-refractivity contribution < 1.29 is 23.2 Å². The molecular weight excluding hydrogens is 422 g/mol. The summed E-state index contributed by atoms with van der Waals surface area (Å²) in [5, 5.41) is 18.2. The third-order valence-electron chi connectivity index (χ3n) is 4.91. The van der Waals surface area contributed by atoms with E-state index in [2.05, 4.69) is 15.7 Å². The summed E-state index contributed by atoms with van der Waals surface area (Å²) in [5.41, 5.74) is 1.49. The van der Waals surface area contributed by atoms with Crippen LogP contribution in [0.2, 0.25) is 0 Å². The summed E-state index contributed by atoms with van der Waals surface area (Å²) >= 11 is 0. The second-order valence-electron chi connectivity index (χ2n) is 7.40. The van der Waals surface area contributed by atoms with Gasteiger partial charge in [-0.15, -0.1) is 0 Å². The number of amides is 3. The largest absolute Gasteiger partial charge is 0.352 e. The number of hydrogen-bond donors (Lipinski definition) is 2. The minimum Gasteiger partial charge on any atom is -0.352 e. The molecule has 0 spiro atoms. The lowest BCUT2D eigenvalue weighted by Crippen LogP contribution is -2.42. The molecular formula is C21H22F2N6O3. The maximum Gasteiger partial charge on any atom is 0.268 e. The third kappa shape index (κ3) is 5.46. The summed E-state index contributed by atoms with van der Waals surface area (Å²) in [4.78, 5) is 37.3. The Morgan fingerprint density at radius 1 is 1.25 bits per heavy atom. The van der Waals surface area contributed by atoms with Crippen molar-refractivity contribution in [3.63, 3.8) is 0 Å². The molecule has 2 heterocycles. The Morgan fingerprint density at radius 3 is 2.72 bits per heavy atom. The minimum atomic E-state index is -3.12. The quantitative estimate of drug-likeness (QED) is 0.664. The fourth-order valence-corrected chi connectivity index (χ4v) is 3.38. The molecule has 2 aromatic rings. The molecule has 9 nitrogen and oxygen atoms in total. The molecule has 1 atom stereocenters. The van der Waals surface area contributed by atoms with Crippen molar-refractivity contribution in [2.45, 2.75) is 31.9 Å². The highest BCUT2D eigenvalue weighted by Gasteiger charge is 2.47. The second kappa shape index (κ2) is 9.55. The first kappa shape index (κ1) is 22.9. The van der Waals surface area contributed by atoms with Crippen LogP contribution in [-0.2, 0) is 11.3 Å². The number of carbonyl (C=O) groups excluding carboxylic acids is 3. The normalized spacial score (nSPS) is 16.9. The Morgan fingerprint density at radius 2 is 2.00 bits per heavy atom. The molecule has 0 bridgehead atoms. The van der Waals surface area contributed by atoms with Crippen LogP contribution in [0.4, 0.5) is 8.78 Å². The van der Waals surface area contributed by atoms with Crippen LogP contribution < -0.4 is 10.6 Å². The molecule has 1 aromatic heterocycles. The van der Waals surface area contributed by atoms with Gasteiger partial charge in [0.05, 0.1) is 37.5 Å². The molecule has 1 aliphatic heterocycles. The summed E-state index contributed by atoms with van der Waals surface area (Å²) < 4.78 is 28.5. The van der Waals surface area contributed by atoms with Gasteiger partial charge in [0.15, 0.2) is 0 Å². The van der Waals surface area contributed by atoms with Gasteiger partial charge in [0.1, 0.15) is 6.04 Å². The van der Waals surface area contributed by atoms with Crippen LogP contribution in [0.5, 0.6) is 0 Å². The van der Waals surface area contributed by atoms with E-state index in [0.717, 1.165) is 10.5 Å². The molecule has 0 unspecified atom stereocenters. The molecule has 2 N–H and O–H groups in total. The van der Waals surface area contributed by atoms with Crippen molar-refractivity contribution >= 4 is 17.7 Å². The molecule has 1 saturated heterocycles. The third-order valence-corrected chi connectivity index (χ3v) is 4.91. The topological polar surface area (TPSA) is 120 Å². The van der Waals surface area contributed by atoms with Gasteiger partial charge >= 0.3 is 0 Å². The highest BCUT2D eigenvalue weighted by molar-refractivity contribution is 5.96. The van der Waals surface area contributed by atoms with E-state index in [0.29, 0.717) is 18.7 Å².